The molecule has 1 amide bonds. The van der Waals surface area contributed by atoms with Gasteiger partial charge in [-0.1, -0.05) is 44.2 Å². The number of carbonyl (C=O) groups is 1. The summed E-state index contributed by atoms with van der Waals surface area (Å²) in [6.45, 7) is 5.10. The van der Waals surface area contributed by atoms with Crippen molar-refractivity contribution in [3.63, 3.8) is 0 Å². The molecule has 0 spiro atoms. The van der Waals surface area contributed by atoms with Gasteiger partial charge in [-0.05, 0) is 42.2 Å². The zero-order valence-electron chi connectivity index (χ0n) is 13.5. The molecule has 0 aliphatic carbocycles. The van der Waals surface area contributed by atoms with Crippen LogP contribution in [-0.2, 0) is 4.79 Å². The van der Waals surface area contributed by atoms with Crippen molar-refractivity contribution in [2.45, 2.75) is 20.3 Å². The molecule has 0 bridgehead atoms. The number of rotatable bonds is 5. The van der Waals surface area contributed by atoms with Gasteiger partial charge in [0.05, 0.1) is 6.61 Å². The first-order chi connectivity index (χ1) is 11.1. The van der Waals surface area contributed by atoms with Gasteiger partial charge in [-0.3, -0.25) is 4.79 Å². The minimum atomic E-state index is -0.0524. The summed E-state index contributed by atoms with van der Waals surface area (Å²) in [4.78, 5) is 12.1. The molecule has 1 aliphatic heterocycles. The Bertz CT molecular complexity index is 730. The van der Waals surface area contributed by atoms with Crippen molar-refractivity contribution in [3.05, 3.63) is 59.7 Å². The number of hydrogen-bond donors (Lipinski definition) is 1. The lowest BCUT2D eigenvalue weighted by molar-refractivity contribution is -0.110. The summed E-state index contributed by atoms with van der Waals surface area (Å²) < 4.78 is 5.72. The van der Waals surface area contributed by atoms with Gasteiger partial charge < -0.3 is 10.1 Å². The molecular weight excluding hydrogens is 286 g/mol. The second-order valence-electron chi connectivity index (χ2n) is 6.16. The fourth-order valence-corrected chi connectivity index (χ4v) is 2.52. The Morgan fingerprint density at radius 3 is 2.57 bits per heavy atom. The van der Waals surface area contributed by atoms with Gasteiger partial charge in [-0.2, -0.15) is 0 Å². The molecule has 1 heterocycles. The average molecular weight is 307 g/mol. The highest BCUT2D eigenvalue weighted by atomic mass is 16.5. The maximum Gasteiger partial charge on any atom is 0.256 e. The van der Waals surface area contributed by atoms with E-state index < -0.39 is 0 Å². The molecule has 0 aromatic heterocycles. The number of fused-ring (bicyclic) bond motifs is 1. The van der Waals surface area contributed by atoms with Crippen LogP contribution in [0.5, 0.6) is 5.75 Å². The quantitative estimate of drug-likeness (QED) is 0.820. The monoisotopic (exact) mass is 307 g/mol. The van der Waals surface area contributed by atoms with Crippen molar-refractivity contribution in [2.24, 2.45) is 5.92 Å². The van der Waals surface area contributed by atoms with Gasteiger partial charge in [0, 0.05) is 16.8 Å². The summed E-state index contributed by atoms with van der Waals surface area (Å²) in [5, 5.41) is 2.89. The SMILES string of the molecule is CC(C)CCOc1ccc(/C=C2\C(=O)Nc3ccccc32)cc1. The van der Waals surface area contributed by atoms with E-state index in [0.717, 1.165) is 35.6 Å². The highest BCUT2D eigenvalue weighted by Gasteiger charge is 2.23. The summed E-state index contributed by atoms with van der Waals surface area (Å²) in [7, 11) is 0. The highest BCUT2D eigenvalue weighted by Crippen LogP contribution is 2.32. The zero-order chi connectivity index (χ0) is 16.2. The molecule has 3 rings (SSSR count). The molecule has 0 fully saturated rings. The number of ether oxygens (including phenoxy) is 1. The van der Waals surface area contributed by atoms with Gasteiger partial charge >= 0.3 is 0 Å². The van der Waals surface area contributed by atoms with Crippen molar-refractivity contribution < 1.29 is 9.53 Å². The maximum atomic E-state index is 12.1. The molecule has 2 aromatic rings. The number of benzene rings is 2. The van der Waals surface area contributed by atoms with Crippen LogP contribution < -0.4 is 10.1 Å². The molecule has 3 heteroatoms. The molecule has 3 nitrogen and oxygen atoms in total. The van der Waals surface area contributed by atoms with Crippen LogP contribution in [0, 0.1) is 5.92 Å². The van der Waals surface area contributed by atoms with E-state index in [1.807, 2.05) is 54.6 Å². The van der Waals surface area contributed by atoms with Crippen molar-refractivity contribution in [3.8, 4) is 5.75 Å². The lowest BCUT2D eigenvalue weighted by Crippen LogP contribution is -2.03. The molecule has 0 unspecified atom stereocenters. The van der Waals surface area contributed by atoms with Crippen LogP contribution >= 0.6 is 0 Å². The molecule has 1 aliphatic rings. The van der Waals surface area contributed by atoms with E-state index in [-0.39, 0.29) is 5.91 Å². The van der Waals surface area contributed by atoms with Crippen molar-refractivity contribution in [2.75, 3.05) is 11.9 Å². The van der Waals surface area contributed by atoms with Crippen LogP contribution in [0.3, 0.4) is 0 Å². The van der Waals surface area contributed by atoms with E-state index >= 15 is 0 Å². The van der Waals surface area contributed by atoms with Gasteiger partial charge in [0.2, 0.25) is 0 Å². The van der Waals surface area contributed by atoms with Gasteiger partial charge in [-0.15, -0.1) is 0 Å². The Hall–Kier alpha value is -2.55. The first-order valence-electron chi connectivity index (χ1n) is 7.99. The standard InChI is InChI=1S/C20H21NO2/c1-14(2)11-12-23-16-9-7-15(8-10-16)13-18-17-5-3-4-6-19(17)21-20(18)22/h3-10,13-14H,11-12H2,1-2H3,(H,21,22)/b18-13-. The van der Waals surface area contributed by atoms with Gasteiger partial charge in [0.1, 0.15) is 5.75 Å². The largest absolute Gasteiger partial charge is 0.494 e. The summed E-state index contributed by atoms with van der Waals surface area (Å²) >= 11 is 0. The molecule has 0 saturated carbocycles. The zero-order valence-corrected chi connectivity index (χ0v) is 13.5. The number of hydrogen-bond acceptors (Lipinski definition) is 2. The Labute approximate surface area is 137 Å². The molecule has 2 aromatic carbocycles. The molecule has 0 saturated heterocycles. The first kappa shape index (κ1) is 15.3. The van der Waals surface area contributed by atoms with Crippen LogP contribution in [-0.4, -0.2) is 12.5 Å². The molecule has 0 atom stereocenters. The van der Waals surface area contributed by atoms with E-state index in [4.69, 9.17) is 4.74 Å². The Kier molecular flexibility index (Phi) is 4.47. The van der Waals surface area contributed by atoms with E-state index in [9.17, 15) is 4.79 Å². The lowest BCUT2D eigenvalue weighted by atomic mass is 10.0. The van der Waals surface area contributed by atoms with Gasteiger partial charge in [0.25, 0.3) is 5.91 Å². The van der Waals surface area contributed by atoms with E-state index in [1.54, 1.807) is 0 Å². The van der Waals surface area contributed by atoms with Crippen LogP contribution in [0.1, 0.15) is 31.4 Å². The normalized spacial score (nSPS) is 14.9. The summed E-state index contributed by atoms with van der Waals surface area (Å²) in [5.41, 5.74) is 3.52. The Balaban J connectivity index is 1.74. The highest BCUT2D eigenvalue weighted by molar-refractivity contribution is 6.34. The van der Waals surface area contributed by atoms with Crippen LogP contribution in [0.15, 0.2) is 48.5 Å². The lowest BCUT2D eigenvalue weighted by Gasteiger charge is -2.08. The maximum absolute atomic E-state index is 12.1. The summed E-state index contributed by atoms with van der Waals surface area (Å²) in [6.07, 6.45) is 2.96. The second kappa shape index (κ2) is 6.69. The molecule has 23 heavy (non-hydrogen) atoms. The number of carbonyl (C=O) groups excluding carboxylic acids is 1. The number of anilines is 1. The van der Waals surface area contributed by atoms with Gasteiger partial charge in [-0.25, -0.2) is 0 Å². The smallest absolute Gasteiger partial charge is 0.256 e. The third-order valence-electron chi connectivity index (χ3n) is 3.87. The molecule has 0 radical (unpaired) electrons. The second-order valence-corrected chi connectivity index (χ2v) is 6.16. The fourth-order valence-electron chi connectivity index (χ4n) is 2.52. The first-order valence-corrected chi connectivity index (χ1v) is 7.99. The molecule has 118 valence electrons. The van der Waals surface area contributed by atoms with Gasteiger partial charge in [0.15, 0.2) is 0 Å². The minimum Gasteiger partial charge on any atom is -0.494 e. The summed E-state index contributed by atoms with van der Waals surface area (Å²) in [5.74, 6) is 1.45. The third kappa shape index (κ3) is 3.62. The van der Waals surface area contributed by atoms with Crippen molar-refractivity contribution in [1.82, 2.24) is 0 Å². The minimum absolute atomic E-state index is 0.0524. The predicted molar refractivity (Wildman–Crippen MR) is 94.3 cm³/mol. The van der Waals surface area contributed by atoms with Crippen LogP contribution in [0.2, 0.25) is 0 Å². The summed E-state index contributed by atoms with van der Waals surface area (Å²) in [6, 6.07) is 15.6. The Morgan fingerprint density at radius 2 is 1.83 bits per heavy atom. The third-order valence-corrected chi connectivity index (χ3v) is 3.87. The average Bonchev–Trinajstić information content (AvgIpc) is 2.85. The van der Waals surface area contributed by atoms with Crippen LogP contribution in [0.25, 0.3) is 11.6 Å². The molecular formula is C20H21NO2. The van der Waals surface area contributed by atoms with E-state index in [1.165, 1.54) is 0 Å². The number of para-hydroxylation sites is 1. The topological polar surface area (TPSA) is 38.3 Å². The molecule has 1 N–H and O–H groups in total. The number of amides is 1. The van der Waals surface area contributed by atoms with E-state index in [2.05, 4.69) is 19.2 Å². The fraction of sp³-hybridized carbons (Fsp3) is 0.250. The van der Waals surface area contributed by atoms with Crippen molar-refractivity contribution >= 4 is 23.2 Å². The Morgan fingerprint density at radius 1 is 1.09 bits per heavy atom. The van der Waals surface area contributed by atoms with E-state index in [0.29, 0.717) is 11.5 Å². The number of nitrogens with one attached hydrogen (secondary N) is 1. The van der Waals surface area contributed by atoms with Crippen LogP contribution in [0.4, 0.5) is 5.69 Å². The predicted octanol–water partition coefficient (Wildman–Crippen LogP) is 4.60. The van der Waals surface area contributed by atoms with Crippen molar-refractivity contribution in [1.29, 1.82) is 0 Å².